The van der Waals surface area contributed by atoms with E-state index in [9.17, 15) is 0 Å². The molecule has 9 heavy (non-hydrogen) atoms. The van der Waals surface area contributed by atoms with Crippen molar-refractivity contribution in [1.82, 2.24) is 0 Å². The summed E-state index contributed by atoms with van der Waals surface area (Å²) >= 11 is 0. The summed E-state index contributed by atoms with van der Waals surface area (Å²) in [7, 11) is 1.50. The van der Waals surface area contributed by atoms with Crippen LogP contribution in [0.5, 0.6) is 0 Å². The normalized spacial score (nSPS) is 13.8. The highest BCUT2D eigenvalue weighted by Gasteiger charge is 1.90. The number of hydrogen-bond acceptors (Lipinski definition) is 2. The fourth-order valence-corrected chi connectivity index (χ4v) is 0.263. The molecule has 0 aliphatic rings. The summed E-state index contributed by atoms with van der Waals surface area (Å²) in [6.07, 6.45) is 2.03. The van der Waals surface area contributed by atoms with Gasteiger partial charge in [-0.2, -0.15) is 0 Å². The van der Waals surface area contributed by atoms with Gasteiger partial charge in [-0.15, -0.1) is 0 Å². The molecule has 0 saturated carbocycles. The highest BCUT2D eigenvalue weighted by atomic mass is 14.6. The lowest BCUT2D eigenvalue weighted by molar-refractivity contribution is 0.858. The molecular weight excluding hydrogens is 112 g/mol. The maximum atomic E-state index is 5.48. The zero-order valence-corrected chi connectivity index (χ0v) is 6.81. The number of rotatable bonds is 1. The van der Waals surface area contributed by atoms with Crippen LogP contribution in [0.4, 0.5) is 0 Å². The van der Waals surface area contributed by atoms with Crippen LogP contribution in [0.1, 0.15) is 20.8 Å². The minimum atomic E-state index is 0.227. The van der Waals surface area contributed by atoms with Gasteiger partial charge in [0.25, 0.3) is 0 Å². The summed E-state index contributed by atoms with van der Waals surface area (Å²) in [5.74, 6) is 0. The molecule has 0 spiro atoms. The van der Waals surface area contributed by atoms with Crippen LogP contribution in [0.3, 0.4) is 0 Å². The second-order valence-corrected chi connectivity index (χ2v) is 1.82. The molecule has 0 heterocycles. The molecule has 0 aliphatic carbocycles. The minimum Gasteiger partial charge on any atom is -0.333 e. The van der Waals surface area contributed by atoms with Gasteiger partial charge in [0.05, 0.1) is 0 Å². The Morgan fingerprint density at radius 2 is 1.78 bits per heavy atom. The Bertz CT molecular complexity index is 75.0. The molecule has 2 nitrogen and oxygen atoms in total. The first-order valence-corrected chi connectivity index (χ1v) is 3.14. The lowest BCUT2D eigenvalue weighted by Gasteiger charge is -2.01. The van der Waals surface area contributed by atoms with Gasteiger partial charge in [-0.3, -0.25) is 0 Å². The van der Waals surface area contributed by atoms with Gasteiger partial charge in [-0.1, -0.05) is 11.6 Å². The van der Waals surface area contributed by atoms with E-state index in [-0.39, 0.29) is 6.04 Å². The summed E-state index contributed by atoms with van der Waals surface area (Å²) in [6.45, 7) is 6.01. The molecule has 0 fully saturated rings. The van der Waals surface area contributed by atoms with Crippen LogP contribution < -0.4 is 11.5 Å². The Balaban J connectivity index is 0. The van der Waals surface area contributed by atoms with Crippen molar-refractivity contribution in [2.75, 3.05) is 7.05 Å². The van der Waals surface area contributed by atoms with E-state index in [0.717, 1.165) is 0 Å². The molecule has 4 N–H and O–H groups in total. The first kappa shape index (κ1) is 11.5. The SMILES string of the molecule is C/C=C(\C)C(C)N.CN. The molecule has 0 aromatic heterocycles. The average molecular weight is 130 g/mol. The Morgan fingerprint density at radius 1 is 1.44 bits per heavy atom. The van der Waals surface area contributed by atoms with E-state index in [4.69, 9.17) is 5.73 Å². The maximum absolute atomic E-state index is 5.48. The topological polar surface area (TPSA) is 52.0 Å². The predicted octanol–water partition coefficient (Wildman–Crippen LogP) is 0.875. The first-order chi connectivity index (χ1) is 4.18. The lowest BCUT2D eigenvalue weighted by atomic mass is 10.2. The van der Waals surface area contributed by atoms with Crippen LogP contribution in [-0.2, 0) is 0 Å². The Labute approximate surface area is 57.9 Å². The summed E-state index contributed by atoms with van der Waals surface area (Å²) < 4.78 is 0. The van der Waals surface area contributed by atoms with Crippen molar-refractivity contribution in [1.29, 1.82) is 0 Å². The molecule has 56 valence electrons. The Hall–Kier alpha value is -0.340. The molecule has 0 rings (SSSR count). The second kappa shape index (κ2) is 7.66. The van der Waals surface area contributed by atoms with E-state index < -0.39 is 0 Å². The highest BCUT2D eigenvalue weighted by molar-refractivity contribution is 5.02. The fraction of sp³-hybridized carbons (Fsp3) is 0.714. The van der Waals surface area contributed by atoms with Crippen molar-refractivity contribution in [2.45, 2.75) is 26.8 Å². The van der Waals surface area contributed by atoms with Gasteiger partial charge in [0.2, 0.25) is 0 Å². The third kappa shape index (κ3) is 7.66. The third-order valence-corrected chi connectivity index (χ3v) is 1.17. The molecule has 0 aliphatic heterocycles. The van der Waals surface area contributed by atoms with E-state index >= 15 is 0 Å². The molecule has 0 radical (unpaired) electrons. The third-order valence-electron chi connectivity index (χ3n) is 1.17. The summed E-state index contributed by atoms with van der Waals surface area (Å²) in [5.41, 5.74) is 11.2. The maximum Gasteiger partial charge on any atom is 0.0221 e. The zero-order valence-electron chi connectivity index (χ0n) is 6.81. The van der Waals surface area contributed by atoms with Crippen LogP contribution in [0.2, 0.25) is 0 Å². The van der Waals surface area contributed by atoms with Crippen molar-refractivity contribution < 1.29 is 0 Å². The van der Waals surface area contributed by atoms with Gasteiger partial charge in [-0.05, 0) is 27.8 Å². The molecule has 0 amide bonds. The second-order valence-electron chi connectivity index (χ2n) is 1.82. The van der Waals surface area contributed by atoms with Crippen molar-refractivity contribution in [3.63, 3.8) is 0 Å². The van der Waals surface area contributed by atoms with Crippen LogP contribution in [-0.4, -0.2) is 13.1 Å². The van der Waals surface area contributed by atoms with Gasteiger partial charge in [-0.25, -0.2) is 0 Å². The molecule has 0 bridgehead atoms. The summed E-state index contributed by atoms with van der Waals surface area (Å²) in [6, 6.07) is 0.227. The molecule has 1 atom stereocenters. The number of nitrogens with two attached hydrogens (primary N) is 2. The van der Waals surface area contributed by atoms with Gasteiger partial charge >= 0.3 is 0 Å². The molecule has 0 saturated heterocycles. The first-order valence-electron chi connectivity index (χ1n) is 3.14. The van der Waals surface area contributed by atoms with Crippen molar-refractivity contribution in [2.24, 2.45) is 11.5 Å². The van der Waals surface area contributed by atoms with E-state index in [0.29, 0.717) is 0 Å². The number of allylic oxidation sites excluding steroid dienone is 1. The lowest BCUT2D eigenvalue weighted by Crippen LogP contribution is -2.15. The quantitative estimate of drug-likeness (QED) is 0.517. The zero-order chi connectivity index (χ0) is 7.86. The van der Waals surface area contributed by atoms with Gasteiger partial charge in [0, 0.05) is 6.04 Å². The van der Waals surface area contributed by atoms with Crippen LogP contribution in [0.25, 0.3) is 0 Å². The molecule has 0 aromatic carbocycles. The molecular formula is C7H18N2. The fourth-order valence-electron chi connectivity index (χ4n) is 0.263. The van der Waals surface area contributed by atoms with E-state index in [1.54, 1.807) is 0 Å². The van der Waals surface area contributed by atoms with Crippen LogP contribution in [0, 0.1) is 0 Å². The molecule has 1 unspecified atom stereocenters. The van der Waals surface area contributed by atoms with Crippen LogP contribution in [0.15, 0.2) is 11.6 Å². The largest absolute Gasteiger partial charge is 0.333 e. The Kier molecular flexibility index (Phi) is 9.75. The van der Waals surface area contributed by atoms with Gasteiger partial charge in [0.1, 0.15) is 0 Å². The average Bonchev–Trinajstić information content (AvgIpc) is 1.91. The van der Waals surface area contributed by atoms with E-state index in [1.165, 1.54) is 12.6 Å². The highest BCUT2D eigenvalue weighted by Crippen LogP contribution is 1.94. The molecule has 0 aromatic rings. The van der Waals surface area contributed by atoms with Gasteiger partial charge < -0.3 is 11.5 Å². The monoisotopic (exact) mass is 130 g/mol. The smallest absolute Gasteiger partial charge is 0.0221 e. The van der Waals surface area contributed by atoms with Crippen molar-refractivity contribution in [3.8, 4) is 0 Å². The Morgan fingerprint density at radius 3 is 1.78 bits per heavy atom. The van der Waals surface area contributed by atoms with E-state index in [1.807, 2.05) is 26.8 Å². The van der Waals surface area contributed by atoms with Crippen molar-refractivity contribution in [3.05, 3.63) is 11.6 Å². The molecule has 2 heteroatoms. The predicted molar refractivity (Wildman–Crippen MR) is 43.2 cm³/mol. The summed E-state index contributed by atoms with van der Waals surface area (Å²) in [5, 5.41) is 0. The van der Waals surface area contributed by atoms with Crippen LogP contribution >= 0.6 is 0 Å². The van der Waals surface area contributed by atoms with Gasteiger partial charge in [0.15, 0.2) is 0 Å². The van der Waals surface area contributed by atoms with E-state index in [2.05, 4.69) is 5.73 Å². The van der Waals surface area contributed by atoms with Crippen molar-refractivity contribution >= 4 is 0 Å². The number of hydrogen-bond donors (Lipinski definition) is 2. The summed E-state index contributed by atoms with van der Waals surface area (Å²) in [4.78, 5) is 0. The standard InChI is InChI=1S/C6H13N.CH5N/c1-4-5(2)6(3)7;1-2/h4,6H,7H2,1-3H3;2H2,1H3/b5-4+;. The minimum absolute atomic E-state index is 0.227.